The first-order chi connectivity index (χ1) is 3.80. The highest BCUT2D eigenvalue weighted by Gasteiger charge is 1.86. The Kier molecular flexibility index (Phi) is 1.20. The molecule has 0 aromatic heterocycles. The van der Waals surface area contributed by atoms with E-state index in [1.165, 1.54) is 0 Å². The fraction of sp³-hybridized carbons (Fsp3) is 0.143. The Morgan fingerprint density at radius 3 is 2.25 bits per heavy atom. The van der Waals surface area contributed by atoms with E-state index in [0.717, 1.165) is 5.56 Å². The molecule has 0 unspecified atom stereocenters. The number of aryl methyl sites for hydroxylation is 1. The average molecular weight is 109 g/mol. The molecular weight excluding hydrogens is 101 g/mol. The molecule has 1 aromatic carbocycles. The van der Waals surface area contributed by atoms with Gasteiger partial charge >= 0.3 is 0 Å². The Bertz CT molecular complexity index is 160. The molecule has 42 valence electrons. The van der Waals surface area contributed by atoms with Crippen molar-refractivity contribution in [2.45, 2.75) is 6.92 Å². The van der Waals surface area contributed by atoms with Gasteiger partial charge in [0.05, 0.1) is 0 Å². The van der Waals surface area contributed by atoms with Crippen LogP contribution in [0, 0.1) is 6.92 Å². The van der Waals surface area contributed by atoms with E-state index in [1.54, 1.807) is 6.07 Å². The standard InChI is InChI=1S/C7H8O/c1-6-4-2-3-5-7(6)8/h2-5,8H,1H3/i1+1. The highest BCUT2D eigenvalue weighted by atomic mass is 16.3. The lowest BCUT2D eigenvalue weighted by Gasteiger charge is -1.92. The number of phenols is 1. The summed E-state index contributed by atoms with van der Waals surface area (Å²) in [5.41, 5.74) is 0.924. The van der Waals surface area contributed by atoms with Crippen LogP contribution in [0.3, 0.4) is 0 Å². The van der Waals surface area contributed by atoms with Gasteiger partial charge in [-0.1, -0.05) is 18.2 Å². The summed E-state index contributed by atoms with van der Waals surface area (Å²) in [6.07, 6.45) is 0. The van der Waals surface area contributed by atoms with Crippen molar-refractivity contribution < 1.29 is 5.11 Å². The van der Waals surface area contributed by atoms with Gasteiger partial charge in [-0.2, -0.15) is 0 Å². The third-order valence-corrected chi connectivity index (χ3v) is 1.12. The number of aromatic hydroxyl groups is 1. The van der Waals surface area contributed by atoms with Gasteiger partial charge in [0.25, 0.3) is 0 Å². The first-order valence-electron chi connectivity index (χ1n) is 2.55. The molecule has 0 saturated heterocycles. The van der Waals surface area contributed by atoms with Crippen LogP contribution in [-0.4, -0.2) is 5.11 Å². The fourth-order valence-corrected chi connectivity index (χ4v) is 0.563. The van der Waals surface area contributed by atoms with E-state index in [0.29, 0.717) is 5.75 Å². The van der Waals surface area contributed by atoms with E-state index in [9.17, 15) is 0 Å². The van der Waals surface area contributed by atoms with Gasteiger partial charge in [-0.25, -0.2) is 0 Å². The number of phenolic OH excluding ortho intramolecular Hbond substituents is 1. The summed E-state index contributed by atoms with van der Waals surface area (Å²) in [5, 5.41) is 8.92. The summed E-state index contributed by atoms with van der Waals surface area (Å²) < 4.78 is 0. The maximum absolute atomic E-state index is 8.92. The van der Waals surface area contributed by atoms with Gasteiger partial charge in [0.15, 0.2) is 0 Å². The highest BCUT2D eigenvalue weighted by molar-refractivity contribution is 5.29. The van der Waals surface area contributed by atoms with Crippen LogP contribution in [0.25, 0.3) is 0 Å². The van der Waals surface area contributed by atoms with E-state index in [-0.39, 0.29) is 0 Å². The minimum atomic E-state index is 0.368. The Morgan fingerprint density at radius 1 is 1.25 bits per heavy atom. The predicted octanol–water partition coefficient (Wildman–Crippen LogP) is 1.70. The summed E-state index contributed by atoms with van der Waals surface area (Å²) in [6, 6.07) is 7.25. The van der Waals surface area contributed by atoms with Gasteiger partial charge in [0.1, 0.15) is 5.75 Å². The molecule has 0 bridgehead atoms. The Morgan fingerprint density at radius 2 is 1.88 bits per heavy atom. The zero-order valence-electron chi connectivity index (χ0n) is 4.76. The SMILES string of the molecule is [13CH3]c1ccccc1O. The van der Waals surface area contributed by atoms with Gasteiger partial charge in [0.2, 0.25) is 0 Å². The highest BCUT2D eigenvalue weighted by Crippen LogP contribution is 2.12. The van der Waals surface area contributed by atoms with Gasteiger partial charge in [0, 0.05) is 0 Å². The van der Waals surface area contributed by atoms with Crippen molar-refractivity contribution in [1.82, 2.24) is 0 Å². The maximum Gasteiger partial charge on any atom is 0.118 e. The van der Waals surface area contributed by atoms with E-state index in [2.05, 4.69) is 0 Å². The quantitative estimate of drug-likeness (QED) is 0.503. The second-order valence-corrected chi connectivity index (χ2v) is 1.79. The maximum atomic E-state index is 8.92. The van der Waals surface area contributed by atoms with Crippen molar-refractivity contribution in [1.29, 1.82) is 0 Å². The molecular formula is C7H8O. The molecule has 0 aliphatic rings. The second-order valence-electron chi connectivity index (χ2n) is 1.79. The van der Waals surface area contributed by atoms with Crippen molar-refractivity contribution in [2.75, 3.05) is 0 Å². The summed E-state index contributed by atoms with van der Waals surface area (Å²) in [4.78, 5) is 0. The van der Waals surface area contributed by atoms with Crippen LogP contribution in [0.4, 0.5) is 0 Å². The topological polar surface area (TPSA) is 20.2 Å². The van der Waals surface area contributed by atoms with Crippen LogP contribution >= 0.6 is 0 Å². The molecule has 1 nitrogen and oxygen atoms in total. The lowest BCUT2D eigenvalue weighted by Crippen LogP contribution is -1.68. The van der Waals surface area contributed by atoms with E-state index in [4.69, 9.17) is 5.11 Å². The van der Waals surface area contributed by atoms with E-state index < -0.39 is 0 Å². The minimum Gasteiger partial charge on any atom is -0.508 e. The zero-order chi connectivity index (χ0) is 5.98. The molecule has 0 saturated carbocycles. The third-order valence-electron chi connectivity index (χ3n) is 1.12. The summed E-state index contributed by atoms with van der Waals surface area (Å²) in [6.45, 7) is 1.87. The normalized spacial score (nSPS) is 9.12. The van der Waals surface area contributed by atoms with Crippen molar-refractivity contribution >= 4 is 0 Å². The monoisotopic (exact) mass is 109 g/mol. The number of para-hydroxylation sites is 1. The third kappa shape index (κ3) is 0.808. The Hall–Kier alpha value is -0.980. The molecule has 8 heavy (non-hydrogen) atoms. The smallest absolute Gasteiger partial charge is 0.118 e. The first kappa shape index (κ1) is 5.16. The summed E-state index contributed by atoms with van der Waals surface area (Å²) in [7, 11) is 0. The second kappa shape index (κ2) is 1.86. The molecule has 1 N–H and O–H groups in total. The van der Waals surface area contributed by atoms with Crippen LogP contribution < -0.4 is 0 Å². The lowest BCUT2D eigenvalue weighted by atomic mass is 10.3. The van der Waals surface area contributed by atoms with Crippen molar-refractivity contribution in [3.63, 3.8) is 0 Å². The molecule has 0 fully saturated rings. The van der Waals surface area contributed by atoms with Crippen molar-refractivity contribution in [3.8, 4) is 5.75 Å². The zero-order valence-corrected chi connectivity index (χ0v) is 4.76. The molecule has 0 heterocycles. The van der Waals surface area contributed by atoms with Crippen molar-refractivity contribution in [2.24, 2.45) is 0 Å². The largest absolute Gasteiger partial charge is 0.508 e. The van der Waals surface area contributed by atoms with E-state index >= 15 is 0 Å². The molecule has 1 aromatic rings. The number of rotatable bonds is 0. The molecule has 1 rings (SSSR count). The van der Waals surface area contributed by atoms with Gasteiger partial charge in [-0.3, -0.25) is 0 Å². The fourth-order valence-electron chi connectivity index (χ4n) is 0.563. The number of benzene rings is 1. The molecule has 1 heteroatoms. The first-order valence-corrected chi connectivity index (χ1v) is 2.55. The summed E-state index contributed by atoms with van der Waals surface area (Å²) in [5.74, 6) is 0.368. The minimum absolute atomic E-state index is 0.368. The van der Waals surface area contributed by atoms with Gasteiger partial charge in [-0.05, 0) is 18.6 Å². The van der Waals surface area contributed by atoms with Crippen molar-refractivity contribution in [3.05, 3.63) is 29.8 Å². The van der Waals surface area contributed by atoms with Crippen LogP contribution in [0.5, 0.6) is 5.75 Å². The summed E-state index contributed by atoms with van der Waals surface area (Å²) >= 11 is 0. The van der Waals surface area contributed by atoms with Crippen LogP contribution in [0.2, 0.25) is 0 Å². The average Bonchev–Trinajstić information content (AvgIpc) is 1.77. The van der Waals surface area contributed by atoms with Gasteiger partial charge < -0.3 is 5.11 Å². The number of hydrogen-bond donors (Lipinski definition) is 1. The Labute approximate surface area is 48.6 Å². The molecule has 0 radical (unpaired) electrons. The predicted molar refractivity (Wildman–Crippen MR) is 32.8 cm³/mol. The molecule has 0 amide bonds. The molecule has 0 aliphatic carbocycles. The lowest BCUT2D eigenvalue weighted by molar-refractivity contribution is 0.471. The molecule has 0 aliphatic heterocycles. The molecule has 0 atom stereocenters. The molecule has 0 spiro atoms. The van der Waals surface area contributed by atoms with Crippen LogP contribution in [0.15, 0.2) is 24.3 Å². The van der Waals surface area contributed by atoms with Gasteiger partial charge in [-0.15, -0.1) is 0 Å². The van der Waals surface area contributed by atoms with Crippen LogP contribution in [0.1, 0.15) is 5.56 Å². The van der Waals surface area contributed by atoms with Crippen LogP contribution in [-0.2, 0) is 0 Å². The number of hydrogen-bond acceptors (Lipinski definition) is 1. The Balaban J connectivity index is 3.13. The van der Waals surface area contributed by atoms with E-state index in [1.807, 2.05) is 25.1 Å².